The number of aliphatic imine (C=N–C) groups is 1. The quantitative estimate of drug-likeness (QED) is 0.209. The Morgan fingerprint density at radius 3 is 2.76 bits per heavy atom. The van der Waals surface area contributed by atoms with E-state index in [9.17, 15) is 9.90 Å². The van der Waals surface area contributed by atoms with Crippen molar-refractivity contribution in [3.8, 4) is 17.6 Å². The highest BCUT2D eigenvalue weighted by Crippen LogP contribution is 2.25. The molecule has 0 radical (unpaired) electrons. The van der Waals surface area contributed by atoms with Gasteiger partial charge in [-0.2, -0.15) is 10.4 Å². The molecule has 0 aliphatic rings. The summed E-state index contributed by atoms with van der Waals surface area (Å²) in [4.78, 5) is 24.2. The number of aromatic nitrogens is 4. The van der Waals surface area contributed by atoms with Crippen LogP contribution < -0.4 is 16.8 Å². The van der Waals surface area contributed by atoms with E-state index >= 15 is 0 Å². The maximum Gasteiger partial charge on any atom is 0.267 e. The second-order valence-corrected chi connectivity index (χ2v) is 5.75. The number of nitriles is 1. The molecular formula is C17H20N10O2. The number of hydrogen-bond acceptors (Lipinski definition) is 10. The molecule has 29 heavy (non-hydrogen) atoms. The van der Waals surface area contributed by atoms with Gasteiger partial charge in [-0.25, -0.2) is 9.97 Å². The number of anilines is 1. The van der Waals surface area contributed by atoms with E-state index < -0.39 is 5.91 Å². The van der Waals surface area contributed by atoms with Crippen molar-refractivity contribution >= 4 is 23.5 Å². The van der Waals surface area contributed by atoms with Gasteiger partial charge in [0.25, 0.3) is 5.91 Å². The smallest absolute Gasteiger partial charge is 0.267 e. The first kappa shape index (κ1) is 21.0. The zero-order valence-electron chi connectivity index (χ0n) is 15.8. The molecule has 0 spiro atoms. The van der Waals surface area contributed by atoms with Crippen molar-refractivity contribution in [3.05, 3.63) is 34.6 Å². The third-order valence-electron chi connectivity index (χ3n) is 3.74. The summed E-state index contributed by atoms with van der Waals surface area (Å²) in [6, 6.07) is 3.37. The van der Waals surface area contributed by atoms with Crippen LogP contribution in [0.2, 0.25) is 0 Å². The number of pyridine rings is 1. The first-order valence-electron chi connectivity index (χ1n) is 8.37. The Hall–Kier alpha value is -4.27. The summed E-state index contributed by atoms with van der Waals surface area (Å²) >= 11 is 0. The molecule has 0 saturated heterocycles. The number of carbonyl (C=O) groups excluding carboxylic acids is 1. The maximum atomic E-state index is 11.6. The summed E-state index contributed by atoms with van der Waals surface area (Å²) in [5.74, 6) is -0.942. The molecule has 2 rings (SSSR count). The molecule has 12 heteroatoms. The van der Waals surface area contributed by atoms with E-state index in [0.717, 1.165) is 6.21 Å². The van der Waals surface area contributed by atoms with Crippen LogP contribution in [-0.2, 0) is 0 Å². The number of nitrogens with two attached hydrogens (primary N) is 2. The monoisotopic (exact) mass is 396 g/mol. The number of nitrogens with zero attached hydrogens (tertiary/aromatic N) is 5. The zero-order chi connectivity index (χ0) is 21.6. The lowest BCUT2D eigenvalue weighted by molar-refractivity contribution is 0.0995. The van der Waals surface area contributed by atoms with E-state index in [1.807, 2.05) is 6.07 Å². The van der Waals surface area contributed by atoms with Crippen molar-refractivity contribution in [1.82, 2.24) is 20.2 Å². The summed E-state index contributed by atoms with van der Waals surface area (Å²) in [7, 11) is 1.62. The van der Waals surface area contributed by atoms with Crippen LogP contribution >= 0.6 is 0 Å². The second-order valence-electron chi connectivity index (χ2n) is 5.75. The van der Waals surface area contributed by atoms with Crippen LogP contribution in [0, 0.1) is 16.7 Å². The summed E-state index contributed by atoms with van der Waals surface area (Å²) < 4.78 is 0. The second kappa shape index (κ2) is 9.09. The predicted molar refractivity (Wildman–Crippen MR) is 107 cm³/mol. The Morgan fingerprint density at radius 2 is 2.21 bits per heavy atom. The number of carbonyl (C=O) groups is 1. The van der Waals surface area contributed by atoms with Gasteiger partial charge in [0.1, 0.15) is 17.1 Å². The van der Waals surface area contributed by atoms with Crippen LogP contribution in [0.3, 0.4) is 0 Å². The number of primary amides is 1. The Balaban J connectivity index is 2.63. The summed E-state index contributed by atoms with van der Waals surface area (Å²) in [5, 5.41) is 36.2. The van der Waals surface area contributed by atoms with Crippen molar-refractivity contribution in [2.75, 3.05) is 18.9 Å². The largest absolute Gasteiger partial charge is 0.504 e. The molecule has 0 fully saturated rings. The topological polar surface area (TPSA) is 216 Å². The third kappa shape index (κ3) is 4.53. The molecule has 0 saturated carbocycles. The fraction of sp³-hybridized carbons (Fsp3) is 0.235. The summed E-state index contributed by atoms with van der Waals surface area (Å²) in [6.07, 6.45) is 1.17. The van der Waals surface area contributed by atoms with E-state index in [4.69, 9.17) is 22.1 Å². The van der Waals surface area contributed by atoms with E-state index in [1.54, 1.807) is 7.05 Å². The lowest BCUT2D eigenvalue weighted by Gasteiger charge is -2.10. The number of aliphatic hydroxyl groups excluding tert-OH is 1. The average Bonchev–Trinajstić information content (AvgIpc) is 3.19. The Morgan fingerprint density at radius 1 is 1.48 bits per heavy atom. The maximum absolute atomic E-state index is 11.6. The van der Waals surface area contributed by atoms with Gasteiger partial charge in [-0.05, 0) is 13.0 Å². The van der Waals surface area contributed by atoms with E-state index in [0.29, 0.717) is 11.3 Å². The molecule has 0 aromatic carbocycles. The first-order chi connectivity index (χ1) is 13.8. The number of allylic oxidation sites excluding steroid dienone is 2. The number of amides is 1. The van der Waals surface area contributed by atoms with Gasteiger partial charge >= 0.3 is 0 Å². The molecular weight excluding hydrogens is 376 g/mol. The highest BCUT2D eigenvalue weighted by atomic mass is 16.3. The molecule has 150 valence electrons. The molecule has 0 aliphatic heterocycles. The lowest BCUT2D eigenvalue weighted by atomic mass is 10.1. The highest BCUT2D eigenvalue weighted by molar-refractivity contribution is 6.09. The fourth-order valence-electron chi connectivity index (χ4n) is 2.34. The molecule has 2 aromatic rings. The van der Waals surface area contributed by atoms with Gasteiger partial charge in [-0.1, -0.05) is 0 Å². The van der Waals surface area contributed by atoms with Crippen molar-refractivity contribution in [2.24, 2.45) is 16.5 Å². The summed E-state index contributed by atoms with van der Waals surface area (Å²) in [5.41, 5.74) is 12.0. The summed E-state index contributed by atoms with van der Waals surface area (Å²) in [6.45, 7) is 1.60. The van der Waals surface area contributed by atoms with Crippen LogP contribution in [0.25, 0.3) is 11.5 Å². The molecule has 0 bridgehead atoms. The number of nitrogens with one attached hydrogen (secondary N) is 3. The minimum atomic E-state index is -0.756. The SMILES string of the molecule is CNc1cc(C(N)=O)nc(-c2n[nH]c(C(=NCCC#N)/C(O)=C(/C)N)n2)c1C=N. The van der Waals surface area contributed by atoms with Crippen LogP contribution in [0.5, 0.6) is 0 Å². The average molecular weight is 396 g/mol. The van der Waals surface area contributed by atoms with E-state index in [-0.39, 0.29) is 53.2 Å². The molecule has 0 atom stereocenters. The van der Waals surface area contributed by atoms with Gasteiger partial charge in [-0.3, -0.25) is 14.9 Å². The normalized spacial score (nSPS) is 12.1. The standard InChI is InChI=1S/C17H20N10O2/c1-8(20)14(28)13(23-5-3-4-18)17-25-16(26-27-17)12-9(7-19)10(22-2)6-11(24-12)15(21)29/h6-7,19,28H,3,5,20H2,1-2H3,(H2,21,29)(H,22,24)(H,25,26,27)/b14-8+,19-7?,23-13?. The fourth-order valence-corrected chi connectivity index (χ4v) is 2.34. The van der Waals surface area contributed by atoms with Gasteiger partial charge in [0, 0.05) is 30.2 Å². The Kier molecular flexibility index (Phi) is 6.59. The van der Waals surface area contributed by atoms with Gasteiger partial charge in [0.2, 0.25) is 5.82 Å². The van der Waals surface area contributed by atoms with Crippen LogP contribution in [0.4, 0.5) is 5.69 Å². The Bertz CT molecular complexity index is 1040. The van der Waals surface area contributed by atoms with Gasteiger partial charge in [-0.15, -0.1) is 0 Å². The number of aliphatic hydroxyl groups is 1. The highest BCUT2D eigenvalue weighted by Gasteiger charge is 2.21. The Labute approximate surface area is 165 Å². The van der Waals surface area contributed by atoms with Gasteiger partial charge in [0.05, 0.1) is 19.0 Å². The predicted octanol–water partition coefficient (Wildman–Crippen LogP) is 0.456. The van der Waals surface area contributed by atoms with E-state index in [1.165, 1.54) is 13.0 Å². The van der Waals surface area contributed by atoms with Crippen molar-refractivity contribution in [2.45, 2.75) is 13.3 Å². The number of H-pyrrole nitrogens is 1. The van der Waals surface area contributed by atoms with Crippen LogP contribution in [-0.4, -0.2) is 56.7 Å². The van der Waals surface area contributed by atoms with Crippen molar-refractivity contribution in [1.29, 1.82) is 10.7 Å². The lowest BCUT2D eigenvalue weighted by Crippen LogP contribution is -2.15. The minimum absolute atomic E-state index is 0.0234. The number of rotatable bonds is 8. The van der Waals surface area contributed by atoms with Gasteiger partial charge in [0.15, 0.2) is 11.6 Å². The molecule has 2 aromatic heterocycles. The van der Waals surface area contributed by atoms with E-state index in [2.05, 4.69) is 30.5 Å². The minimum Gasteiger partial charge on any atom is -0.504 e. The molecule has 2 heterocycles. The zero-order valence-corrected chi connectivity index (χ0v) is 15.8. The number of aromatic amines is 1. The third-order valence-corrected chi connectivity index (χ3v) is 3.74. The molecule has 1 amide bonds. The first-order valence-corrected chi connectivity index (χ1v) is 8.37. The molecule has 8 N–H and O–H groups in total. The van der Waals surface area contributed by atoms with Crippen molar-refractivity contribution in [3.63, 3.8) is 0 Å². The molecule has 0 aliphatic carbocycles. The van der Waals surface area contributed by atoms with Crippen LogP contribution in [0.15, 0.2) is 22.5 Å². The molecule has 0 unspecified atom stereocenters. The van der Waals surface area contributed by atoms with Crippen molar-refractivity contribution < 1.29 is 9.90 Å². The molecule has 12 nitrogen and oxygen atoms in total. The van der Waals surface area contributed by atoms with Gasteiger partial charge < -0.3 is 27.3 Å². The van der Waals surface area contributed by atoms with Crippen LogP contribution in [0.1, 0.15) is 35.2 Å². The number of hydrogen-bond donors (Lipinski definition) is 6.